The second-order valence-corrected chi connectivity index (χ2v) is 21.3. The number of carbonyl (C=O) groups excluding carboxylic acids is 1. The van der Waals surface area contributed by atoms with Gasteiger partial charge in [-0.25, -0.2) is 5.06 Å². The van der Waals surface area contributed by atoms with Gasteiger partial charge in [0.25, 0.3) is 0 Å². The molecule has 2 aliphatic rings. The Labute approximate surface area is 205 Å². The highest BCUT2D eigenvalue weighted by Gasteiger charge is 2.65. The topological polar surface area (TPSA) is 88.5 Å². The predicted molar refractivity (Wildman–Crippen MR) is 137 cm³/mol. The summed E-state index contributed by atoms with van der Waals surface area (Å²) < 4.78 is 13.4. The molecule has 0 unspecified atom stereocenters. The molecule has 1 amide bonds. The van der Waals surface area contributed by atoms with Crippen molar-refractivity contribution in [3.05, 3.63) is 48.0 Å². The monoisotopic (exact) mass is 507 g/mol. The van der Waals surface area contributed by atoms with E-state index < -0.39 is 46.6 Å². The summed E-state index contributed by atoms with van der Waals surface area (Å²) in [6, 6.07) is 9.66. The summed E-state index contributed by atoms with van der Waals surface area (Å²) in [5, 5.41) is 23.0. The van der Waals surface area contributed by atoms with E-state index in [9.17, 15) is 15.0 Å². The quantitative estimate of drug-likeness (QED) is 0.314. The van der Waals surface area contributed by atoms with Crippen molar-refractivity contribution < 1.29 is 28.7 Å². The molecule has 1 aliphatic carbocycles. The number of benzene rings is 1. The first-order chi connectivity index (χ1) is 15.5. The van der Waals surface area contributed by atoms with Crippen molar-refractivity contribution in [1.29, 1.82) is 0 Å². The molecule has 0 saturated carbocycles. The molecule has 0 aromatic heterocycles. The molecular formula is C25H41NO6Si2. The average Bonchev–Trinajstić information content (AvgIpc) is 2.71. The smallest absolute Gasteiger partial charge is 0.249 e. The highest BCUT2D eigenvalue weighted by Crippen LogP contribution is 2.49. The minimum absolute atomic E-state index is 0.125. The predicted octanol–water partition coefficient (Wildman–Crippen LogP) is 3.99. The molecule has 0 radical (unpaired) electrons. The molecule has 0 bridgehead atoms. The lowest BCUT2D eigenvalue weighted by molar-refractivity contribution is -0.282. The van der Waals surface area contributed by atoms with E-state index in [4.69, 9.17) is 13.7 Å². The Morgan fingerprint density at radius 2 is 1.65 bits per heavy atom. The maximum absolute atomic E-state index is 12.8. The van der Waals surface area contributed by atoms with Crippen LogP contribution in [0.5, 0.6) is 0 Å². The Hall–Kier alpha value is -1.34. The molecule has 1 fully saturated rings. The standard InChI is InChI=1S/C25H41NO6Si2/c1-23(2,3)34(7,8)32-22-21(31-33(4,5)6)24(14-15-25(22,29)18-27)16-20(28)26(24)30-17-19-12-10-9-11-13-19/h9-15,21-22,27,29H,16-18H2,1-8H3/t21-,22+,24+,25-/m1/s1. The fourth-order valence-electron chi connectivity index (χ4n) is 4.12. The largest absolute Gasteiger partial charge is 0.409 e. The molecule has 1 spiro atoms. The van der Waals surface area contributed by atoms with Gasteiger partial charge in [-0.05, 0) is 49.4 Å². The minimum Gasteiger partial charge on any atom is -0.409 e. The molecule has 1 aromatic rings. The fourth-order valence-corrected chi connectivity index (χ4v) is 6.53. The lowest BCUT2D eigenvalue weighted by Crippen LogP contribution is -2.77. The minimum atomic E-state index is -2.39. The van der Waals surface area contributed by atoms with Crippen LogP contribution in [-0.4, -0.2) is 67.8 Å². The summed E-state index contributed by atoms with van der Waals surface area (Å²) in [6.45, 7) is 16.5. The van der Waals surface area contributed by atoms with Crippen molar-refractivity contribution >= 4 is 22.5 Å². The van der Waals surface area contributed by atoms with E-state index >= 15 is 0 Å². The van der Waals surface area contributed by atoms with E-state index in [1.807, 2.05) is 30.3 Å². The molecule has 4 atom stereocenters. The van der Waals surface area contributed by atoms with Crippen LogP contribution in [-0.2, 0) is 25.1 Å². The van der Waals surface area contributed by atoms with Crippen LogP contribution < -0.4 is 0 Å². The lowest BCUT2D eigenvalue weighted by atomic mass is 9.70. The van der Waals surface area contributed by atoms with Crippen molar-refractivity contribution in [2.75, 3.05) is 6.61 Å². The third-order valence-electron chi connectivity index (χ3n) is 7.12. The van der Waals surface area contributed by atoms with Crippen LogP contribution >= 0.6 is 0 Å². The van der Waals surface area contributed by atoms with Gasteiger partial charge in [0.05, 0.1) is 13.0 Å². The summed E-state index contributed by atoms with van der Waals surface area (Å²) in [7, 11) is -4.57. The Morgan fingerprint density at radius 1 is 1.03 bits per heavy atom. The van der Waals surface area contributed by atoms with Crippen molar-refractivity contribution in [2.24, 2.45) is 0 Å². The summed E-state index contributed by atoms with van der Waals surface area (Å²) in [6.07, 6.45) is 1.98. The molecule has 190 valence electrons. The zero-order chi connectivity index (χ0) is 25.6. The number of aliphatic hydroxyl groups is 2. The number of amides is 1. The van der Waals surface area contributed by atoms with Crippen molar-refractivity contribution in [2.45, 2.75) is 94.9 Å². The van der Waals surface area contributed by atoms with Crippen LogP contribution in [0.15, 0.2) is 42.5 Å². The molecular weight excluding hydrogens is 466 g/mol. The molecule has 3 rings (SSSR count). The third kappa shape index (κ3) is 5.25. The molecule has 7 nitrogen and oxygen atoms in total. The van der Waals surface area contributed by atoms with E-state index in [-0.39, 0.29) is 24.0 Å². The number of β-lactam (4-membered cyclic amide) rings is 1. The normalized spacial score (nSPS) is 30.1. The number of hydrogen-bond donors (Lipinski definition) is 2. The zero-order valence-corrected chi connectivity index (χ0v) is 23.8. The first-order valence-corrected chi connectivity index (χ1v) is 18.3. The molecule has 1 heterocycles. The maximum Gasteiger partial charge on any atom is 0.249 e. The first kappa shape index (κ1) is 27.3. The number of hydrogen-bond acceptors (Lipinski definition) is 6. The lowest BCUT2D eigenvalue weighted by Gasteiger charge is -2.60. The van der Waals surface area contributed by atoms with E-state index in [1.54, 1.807) is 12.2 Å². The first-order valence-electron chi connectivity index (χ1n) is 11.9. The number of hydroxylamine groups is 2. The molecule has 9 heteroatoms. The van der Waals surface area contributed by atoms with Crippen LogP contribution in [0.1, 0.15) is 32.8 Å². The van der Waals surface area contributed by atoms with Gasteiger partial charge in [-0.3, -0.25) is 9.63 Å². The van der Waals surface area contributed by atoms with Gasteiger partial charge in [0.2, 0.25) is 5.91 Å². The van der Waals surface area contributed by atoms with E-state index in [1.165, 1.54) is 5.06 Å². The van der Waals surface area contributed by atoms with Crippen LogP contribution in [0.2, 0.25) is 37.8 Å². The SMILES string of the molecule is CC(C)(C)[Si](C)(C)O[C@H]1[C@@H](O[Si](C)(C)C)[C@]2(C=C[C@@]1(O)CO)CC(=O)N2OCc1ccccc1. The zero-order valence-electron chi connectivity index (χ0n) is 21.8. The van der Waals surface area contributed by atoms with E-state index in [0.717, 1.165) is 5.56 Å². The highest BCUT2D eigenvalue weighted by atomic mass is 28.4. The van der Waals surface area contributed by atoms with Gasteiger partial charge in [0.1, 0.15) is 30.0 Å². The van der Waals surface area contributed by atoms with Gasteiger partial charge in [0, 0.05) is 0 Å². The van der Waals surface area contributed by atoms with Gasteiger partial charge in [-0.1, -0.05) is 57.2 Å². The molecule has 1 saturated heterocycles. The molecule has 2 N–H and O–H groups in total. The number of rotatable bonds is 8. The van der Waals surface area contributed by atoms with Crippen molar-refractivity contribution in [1.82, 2.24) is 5.06 Å². The van der Waals surface area contributed by atoms with Crippen molar-refractivity contribution in [3.8, 4) is 0 Å². The number of aliphatic hydroxyl groups excluding tert-OH is 1. The summed E-state index contributed by atoms with van der Waals surface area (Å²) >= 11 is 0. The van der Waals surface area contributed by atoms with Gasteiger partial charge >= 0.3 is 0 Å². The van der Waals surface area contributed by atoms with Crippen LogP contribution in [0.4, 0.5) is 0 Å². The molecule has 34 heavy (non-hydrogen) atoms. The second-order valence-electron chi connectivity index (χ2n) is 12.0. The molecule has 1 aliphatic heterocycles. The van der Waals surface area contributed by atoms with Crippen LogP contribution in [0.25, 0.3) is 0 Å². The van der Waals surface area contributed by atoms with Crippen LogP contribution in [0, 0.1) is 0 Å². The van der Waals surface area contributed by atoms with Gasteiger partial charge in [-0.2, -0.15) is 0 Å². The Balaban J connectivity index is 2.03. The summed E-state index contributed by atoms with van der Waals surface area (Å²) in [5.41, 5.74) is -1.60. The third-order valence-corrected chi connectivity index (χ3v) is 12.5. The second kappa shape index (κ2) is 9.27. The fraction of sp³-hybridized carbons (Fsp3) is 0.640. The van der Waals surface area contributed by atoms with E-state index in [0.29, 0.717) is 0 Å². The molecule has 1 aromatic carbocycles. The highest BCUT2D eigenvalue weighted by molar-refractivity contribution is 6.74. The maximum atomic E-state index is 12.8. The van der Waals surface area contributed by atoms with Gasteiger partial charge < -0.3 is 19.1 Å². The van der Waals surface area contributed by atoms with Crippen LogP contribution in [0.3, 0.4) is 0 Å². The van der Waals surface area contributed by atoms with Gasteiger partial charge in [0.15, 0.2) is 16.6 Å². The number of nitrogens with zero attached hydrogens (tertiary/aromatic N) is 1. The van der Waals surface area contributed by atoms with E-state index in [2.05, 4.69) is 53.5 Å². The van der Waals surface area contributed by atoms with Crippen molar-refractivity contribution in [3.63, 3.8) is 0 Å². The number of carbonyl (C=O) groups is 1. The Kier molecular flexibility index (Phi) is 7.43. The Morgan fingerprint density at radius 3 is 2.15 bits per heavy atom. The summed E-state index contributed by atoms with van der Waals surface area (Å²) in [5.74, 6) is -0.148. The average molecular weight is 508 g/mol. The Bertz CT molecular complexity index is 910. The summed E-state index contributed by atoms with van der Waals surface area (Å²) in [4.78, 5) is 18.8. The van der Waals surface area contributed by atoms with Gasteiger partial charge in [-0.15, -0.1) is 0 Å².